The van der Waals surface area contributed by atoms with Crippen molar-refractivity contribution in [2.75, 3.05) is 33.4 Å². The molecule has 8 heteroatoms. The largest absolute Gasteiger partial charge is 0.493 e. The maximum Gasteiger partial charge on any atom is 0.249 e. The second kappa shape index (κ2) is 9.05. The van der Waals surface area contributed by atoms with Gasteiger partial charge in [0.15, 0.2) is 17.3 Å². The molecule has 0 bridgehead atoms. The monoisotopic (exact) mass is 388 g/mol. The number of aromatic nitrogens is 2. The summed E-state index contributed by atoms with van der Waals surface area (Å²) in [5.41, 5.74) is 1.14. The van der Waals surface area contributed by atoms with E-state index in [1.807, 2.05) is 24.0 Å². The highest BCUT2D eigenvalue weighted by Crippen LogP contribution is 2.30. The minimum Gasteiger partial charge on any atom is -0.493 e. The quantitative estimate of drug-likeness (QED) is 0.752. The normalized spacial score (nSPS) is 18.0. The van der Waals surface area contributed by atoms with Crippen molar-refractivity contribution in [2.45, 2.75) is 39.8 Å². The molecule has 1 aliphatic heterocycles. The zero-order chi connectivity index (χ0) is 20.1. The number of hydrogen-bond acceptors (Lipinski definition) is 7. The predicted octanol–water partition coefficient (Wildman–Crippen LogP) is 2.58. The molecule has 1 aromatic carbocycles. The highest BCUT2D eigenvalue weighted by molar-refractivity contribution is 5.73. The molecule has 0 spiro atoms. The van der Waals surface area contributed by atoms with E-state index in [9.17, 15) is 4.79 Å². The zero-order valence-electron chi connectivity index (χ0n) is 17.0. The van der Waals surface area contributed by atoms with Crippen molar-refractivity contribution in [1.29, 1.82) is 0 Å². The van der Waals surface area contributed by atoms with Gasteiger partial charge in [-0.3, -0.25) is 9.69 Å². The molecule has 8 nitrogen and oxygen atoms in total. The lowest BCUT2D eigenvalue weighted by atomic mass is 10.1. The van der Waals surface area contributed by atoms with Gasteiger partial charge in [0, 0.05) is 33.1 Å². The summed E-state index contributed by atoms with van der Waals surface area (Å²) in [7, 11) is 1.65. The maximum atomic E-state index is 12.2. The van der Waals surface area contributed by atoms with E-state index in [-0.39, 0.29) is 11.9 Å². The third-order valence-electron chi connectivity index (χ3n) is 4.92. The summed E-state index contributed by atoms with van der Waals surface area (Å²) < 4.78 is 16.4. The number of rotatable bonds is 6. The van der Waals surface area contributed by atoms with Crippen molar-refractivity contribution >= 4 is 5.91 Å². The molecule has 0 N–H and O–H groups in total. The molecule has 0 radical (unpaired) electrons. The molecule has 2 aromatic rings. The van der Waals surface area contributed by atoms with Gasteiger partial charge in [-0.1, -0.05) is 11.2 Å². The number of benzene rings is 1. The Kier molecular flexibility index (Phi) is 6.51. The zero-order valence-corrected chi connectivity index (χ0v) is 17.0. The Balaban J connectivity index is 1.72. The minimum absolute atomic E-state index is 0.0189. The van der Waals surface area contributed by atoms with Gasteiger partial charge in [-0.15, -0.1) is 0 Å². The number of hydrogen-bond donors (Lipinski definition) is 0. The molecule has 28 heavy (non-hydrogen) atoms. The van der Waals surface area contributed by atoms with Gasteiger partial charge in [-0.05, 0) is 38.0 Å². The average molecular weight is 388 g/mol. The lowest BCUT2D eigenvalue weighted by Gasteiger charge is -2.25. The van der Waals surface area contributed by atoms with Crippen molar-refractivity contribution in [3.05, 3.63) is 35.5 Å². The summed E-state index contributed by atoms with van der Waals surface area (Å²) >= 11 is 0. The highest BCUT2D eigenvalue weighted by Gasteiger charge is 2.31. The van der Waals surface area contributed by atoms with Crippen molar-refractivity contribution in [3.63, 3.8) is 0 Å². The maximum absolute atomic E-state index is 12.2. The van der Waals surface area contributed by atoms with Gasteiger partial charge in [0.1, 0.15) is 6.04 Å². The van der Waals surface area contributed by atoms with Crippen LogP contribution in [0.4, 0.5) is 0 Å². The lowest BCUT2D eigenvalue weighted by Crippen LogP contribution is -2.35. The summed E-state index contributed by atoms with van der Waals surface area (Å²) in [5, 5.41) is 3.88. The number of ether oxygens (including phenoxy) is 2. The molecule has 152 valence electrons. The van der Waals surface area contributed by atoms with E-state index in [2.05, 4.69) is 21.1 Å². The first-order chi connectivity index (χ1) is 13.5. The Labute approximate surface area is 165 Å². The summed E-state index contributed by atoms with van der Waals surface area (Å²) in [6.45, 7) is 8.91. The molecule has 1 aliphatic rings. The van der Waals surface area contributed by atoms with E-state index < -0.39 is 0 Å². The van der Waals surface area contributed by atoms with E-state index in [0.717, 1.165) is 43.1 Å². The molecule has 1 fully saturated rings. The van der Waals surface area contributed by atoms with E-state index in [1.165, 1.54) is 0 Å². The topological polar surface area (TPSA) is 80.9 Å². The van der Waals surface area contributed by atoms with Crippen molar-refractivity contribution in [2.24, 2.45) is 0 Å². The number of methoxy groups -OCH3 is 1. The van der Waals surface area contributed by atoms with Gasteiger partial charge >= 0.3 is 0 Å². The first-order valence-electron chi connectivity index (χ1n) is 9.61. The third-order valence-corrected chi connectivity index (χ3v) is 4.92. The fourth-order valence-corrected chi connectivity index (χ4v) is 3.56. The van der Waals surface area contributed by atoms with Crippen LogP contribution in [-0.2, 0) is 11.3 Å². The van der Waals surface area contributed by atoms with Crippen LogP contribution >= 0.6 is 0 Å². The van der Waals surface area contributed by atoms with Crippen LogP contribution in [-0.4, -0.2) is 59.2 Å². The molecular formula is C20H28N4O4. The summed E-state index contributed by atoms with van der Waals surface area (Å²) in [6.07, 6.45) is 0.745. The van der Waals surface area contributed by atoms with Crippen LogP contribution in [0.3, 0.4) is 0 Å². The van der Waals surface area contributed by atoms with Gasteiger partial charge in [0.25, 0.3) is 0 Å². The van der Waals surface area contributed by atoms with Crippen LogP contribution < -0.4 is 9.47 Å². The van der Waals surface area contributed by atoms with E-state index in [4.69, 9.17) is 14.0 Å². The number of nitrogens with zero attached hydrogens (tertiary/aromatic N) is 4. The van der Waals surface area contributed by atoms with Crippen LogP contribution in [0.5, 0.6) is 11.5 Å². The minimum atomic E-state index is -0.182. The molecule has 0 saturated carbocycles. The van der Waals surface area contributed by atoms with E-state index in [0.29, 0.717) is 24.9 Å². The molecule has 0 aliphatic carbocycles. The van der Waals surface area contributed by atoms with Gasteiger partial charge in [-0.2, -0.15) is 4.98 Å². The Bertz CT molecular complexity index is 807. The van der Waals surface area contributed by atoms with Crippen molar-refractivity contribution in [1.82, 2.24) is 19.9 Å². The first-order valence-corrected chi connectivity index (χ1v) is 9.61. The smallest absolute Gasteiger partial charge is 0.249 e. The van der Waals surface area contributed by atoms with E-state index >= 15 is 0 Å². The Morgan fingerprint density at radius 1 is 1.29 bits per heavy atom. The van der Waals surface area contributed by atoms with Gasteiger partial charge in [0.2, 0.25) is 11.8 Å². The number of amides is 1. The lowest BCUT2D eigenvalue weighted by molar-refractivity contribution is -0.131. The fourth-order valence-electron chi connectivity index (χ4n) is 3.56. The van der Waals surface area contributed by atoms with Crippen LogP contribution in [0.25, 0.3) is 0 Å². The van der Waals surface area contributed by atoms with Gasteiger partial charge in [-0.25, -0.2) is 0 Å². The standard InChI is InChI=1S/C20H28N4O4/c1-5-27-18-7-6-16(12-19(18)26-4)13-23-9-8-17(20-21-14(2)22-28-20)24(11-10-23)15(3)25/h6-7,12,17H,5,8-11,13H2,1-4H3. The molecule has 3 rings (SSSR count). The molecule has 1 amide bonds. The molecule has 1 aromatic heterocycles. The van der Waals surface area contributed by atoms with E-state index in [1.54, 1.807) is 21.0 Å². The van der Waals surface area contributed by atoms with Crippen LogP contribution in [0.15, 0.2) is 22.7 Å². The molecule has 1 atom stereocenters. The second-order valence-corrected chi connectivity index (χ2v) is 6.89. The fraction of sp³-hybridized carbons (Fsp3) is 0.550. The Morgan fingerprint density at radius 2 is 2.11 bits per heavy atom. The number of carbonyl (C=O) groups is 1. The molecule has 1 unspecified atom stereocenters. The number of carbonyl (C=O) groups excluding carboxylic acids is 1. The van der Waals surface area contributed by atoms with Crippen LogP contribution in [0, 0.1) is 6.92 Å². The Hall–Kier alpha value is -2.61. The summed E-state index contributed by atoms with van der Waals surface area (Å²) in [4.78, 5) is 20.7. The second-order valence-electron chi connectivity index (χ2n) is 6.89. The van der Waals surface area contributed by atoms with Crippen LogP contribution in [0.1, 0.15) is 43.6 Å². The summed E-state index contributed by atoms with van der Waals surface area (Å²) in [5.74, 6) is 2.60. The van der Waals surface area contributed by atoms with Crippen molar-refractivity contribution in [3.8, 4) is 11.5 Å². The predicted molar refractivity (Wildman–Crippen MR) is 103 cm³/mol. The molecule has 1 saturated heterocycles. The highest BCUT2D eigenvalue weighted by atomic mass is 16.5. The van der Waals surface area contributed by atoms with Gasteiger partial charge < -0.3 is 18.9 Å². The third kappa shape index (κ3) is 4.62. The average Bonchev–Trinajstić information content (AvgIpc) is 2.99. The van der Waals surface area contributed by atoms with Crippen molar-refractivity contribution < 1.29 is 18.8 Å². The molecule has 2 heterocycles. The Morgan fingerprint density at radius 3 is 2.75 bits per heavy atom. The summed E-state index contributed by atoms with van der Waals surface area (Å²) in [6, 6.07) is 5.83. The first kappa shape index (κ1) is 20.1. The number of aryl methyl sites for hydroxylation is 1. The van der Waals surface area contributed by atoms with Gasteiger partial charge in [0.05, 0.1) is 13.7 Å². The SMILES string of the molecule is CCOc1ccc(CN2CCC(c3nc(C)no3)N(C(C)=O)CC2)cc1OC. The molecular weight excluding hydrogens is 360 g/mol. The van der Waals surface area contributed by atoms with Crippen LogP contribution in [0.2, 0.25) is 0 Å².